The number of nitrogens with zero attached hydrogens (tertiary/aromatic N) is 3. The molecule has 0 aliphatic carbocycles. The lowest BCUT2D eigenvalue weighted by Crippen LogP contribution is -2.40. The van der Waals surface area contributed by atoms with Gasteiger partial charge in [0.1, 0.15) is 23.7 Å². The van der Waals surface area contributed by atoms with Gasteiger partial charge in [-0.2, -0.15) is 4.31 Å². The maximum Gasteiger partial charge on any atom is 0.342 e. The molecule has 176 valence electrons. The van der Waals surface area contributed by atoms with Crippen LogP contribution in [0.15, 0.2) is 47.4 Å². The van der Waals surface area contributed by atoms with E-state index in [1.165, 1.54) is 11.4 Å². The van der Waals surface area contributed by atoms with Crippen molar-refractivity contribution in [3.63, 3.8) is 0 Å². The van der Waals surface area contributed by atoms with Crippen LogP contribution < -0.4 is 4.74 Å². The molecule has 2 aromatic carbocycles. The zero-order valence-electron chi connectivity index (χ0n) is 18.7. The summed E-state index contributed by atoms with van der Waals surface area (Å²) in [7, 11) is -2.14. The maximum atomic E-state index is 13.0. The highest BCUT2D eigenvalue weighted by Crippen LogP contribution is 2.25. The third-order valence-electron chi connectivity index (χ3n) is 5.51. The van der Waals surface area contributed by atoms with Crippen molar-refractivity contribution in [2.75, 3.05) is 33.4 Å². The van der Waals surface area contributed by atoms with Crippen LogP contribution in [0.25, 0.3) is 11.0 Å². The Hall–Kier alpha value is -2.95. The SMILES string of the molecule is CCCn1c(COC(=O)c2ccccc2OC)nc2cc(S(=O)(=O)N3CCOCC3)ccc21. The largest absolute Gasteiger partial charge is 0.496 e. The second kappa shape index (κ2) is 9.90. The zero-order chi connectivity index (χ0) is 23.4. The molecule has 0 bridgehead atoms. The van der Waals surface area contributed by atoms with Crippen LogP contribution in [0.3, 0.4) is 0 Å². The van der Waals surface area contributed by atoms with Crippen molar-refractivity contribution in [3.05, 3.63) is 53.9 Å². The molecule has 0 atom stereocenters. The van der Waals surface area contributed by atoms with E-state index in [1.54, 1.807) is 42.5 Å². The molecular weight excluding hydrogens is 446 g/mol. The summed E-state index contributed by atoms with van der Waals surface area (Å²) in [5, 5.41) is 0. The van der Waals surface area contributed by atoms with Crippen LogP contribution in [0.5, 0.6) is 5.75 Å². The number of rotatable bonds is 8. The van der Waals surface area contributed by atoms with E-state index in [1.807, 2.05) is 11.5 Å². The number of aromatic nitrogens is 2. The van der Waals surface area contributed by atoms with Gasteiger partial charge in [-0.15, -0.1) is 0 Å². The van der Waals surface area contributed by atoms with Crippen LogP contribution >= 0.6 is 0 Å². The quantitative estimate of drug-likeness (QED) is 0.464. The topological polar surface area (TPSA) is 100.0 Å². The Morgan fingerprint density at radius 3 is 2.64 bits per heavy atom. The van der Waals surface area contributed by atoms with Gasteiger partial charge in [0.05, 0.1) is 36.3 Å². The Balaban J connectivity index is 1.61. The summed E-state index contributed by atoms with van der Waals surface area (Å²) >= 11 is 0. The summed E-state index contributed by atoms with van der Waals surface area (Å²) in [5.41, 5.74) is 1.67. The molecule has 33 heavy (non-hydrogen) atoms. The summed E-state index contributed by atoms with van der Waals surface area (Å²) in [6.07, 6.45) is 0.840. The molecule has 1 saturated heterocycles. The molecule has 2 heterocycles. The number of ether oxygens (including phenoxy) is 3. The first-order chi connectivity index (χ1) is 16.0. The van der Waals surface area contributed by atoms with Crippen LogP contribution in [-0.2, 0) is 32.6 Å². The van der Waals surface area contributed by atoms with E-state index in [4.69, 9.17) is 14.2 Å². The highest BCUT2D eigenvalue weighted by molar-refractivity contribution is 7.89. The molecule has 0 unspecified atom stereocenters. The lowest BCUT2D eigenvalue weighted by atomic mass is 10.2. The normalized spacial score (nSPS) is 15.0. The zero-order valence-corrected chi connectivity index (χ0v) is 19.5. The van der Waals surface area contributed by atoms with Gasteiger partial charge in [0.25, 0.3) is 0 Å². The van der Waals surface area contributed by atoms with Crippen LogP contribution in [0, 0.1) is 0 Å². The van der Waals surface area contributed by atoms with Crippen LogP contribution in [0.4, 0.5) is 0 Å². The summed E-state index contributed by atoms with van der Waals surface area (Å²) in [5.74, 6) is 0.469. The Morgan fingerprint density at radius 1 is 1.15 bits per heavy atom. The van der Waals surface area contributed by atoms with E-state index < -0.39 is 16.0 Å². The van der Waals surface area contributed by atoms with Gasteiger partial charge in [0.15, 0.2) is 0 Å². The average molecular weight is 474 g/mol. The van der Waals surface area contributed by atoms with Crippen molar-refractivity contribution in [3.8, 4) is 5.75 Å². The summed E-state index contributed by atoms with van der Waals surface area (Å²) in [6, 6.07) is 11.8. The summed E-state index contributed by atoms with van der Waals surface area (Å²) in [4.78, 5) is 17.4. The monoisotopic (exact) mass is 473 g/mol. The molecule has 1 aliphatic heterocycles. The van der Waals surface area contributed by atoms with Gasteiger partial charge in [0, 0.05) is 19.6 Å². The molecule has 1 fully saturated rings. The number of esters is 1. The number of morpholine rings is 1. The number of sulfonamides is 1. The lowest BCUT2D eigenvalue weighted by Gasteiger charge is -2.26. The van der Waals surface area contributed by atoms with Gasteiger partial charge < -0.3 is 18.8 Å². The van der Waals surface area contributed by atoms with E-state index in [0.717, 1.165) is 11.9 Å². The van der Waals surface area contributed by atoms with Gasteiger partial charge in [-0.05, 0) is 36.8 Å². The lowest BCUT2D eigenvalue weighted by molar-refractivity contribution is 0.0455. The molecule has 1 aromatic heterocycles. The Labute approximate surface area is 192 Å². The number of carbonyl (C=O) groups is 1. The van der Waals surface area contributed by atoms with Crippen molar-refractivity contribution in [2.24, 2.45) is 0 Å². The number of hydrogen-bond acceptors (Lipinski definition) is 7. The molecule has 9 nitrogen and oxygen atoms in total. The van der Waals surface area contributed by atoms with E-state index in [-0.39, 0.29) is 11.5 Å². The molecular formula is C23H27N3O6S. The van der Waals surface area contributed by atoms with Crippen molar-refractivity contribution in [1.29, 1.82) is 0 Å². The first kappa shape index (κ1) is 23.2. The number of methoxy groups -OCH3 is 1. The highest BCUT2D eigenvalue weighted by atomic mass is 32.2. The smallest absolute Gasteiger partial charge is 0.342 e. The molecule has 0 saturated carbocycles. The van der Waals surface area contributed by atoms with Gasteiger partial charge in [-0.3, -0.25) is 0 Å². The third kappa shape index (κ3) is 4.73. The minimum absolute atomic E-state index is 0.0445. The van der Waals surface area contributed by atoms with Crippen molar-refractivity contribution in [1.82, 2.24) is 13.9 Å². The number of carbonyl (C=O) groups excluding carboxylic acids is 1. The third-order valence-corrected chi connectivity index (χ3v) is 7.41. The fraction of sp³-hybridized carbons (Fsp3) is 0.391. The first-order valence-corrected chi connectivity index (χ1v) is 12.3. The highest BCUT2D eigenvalue weighted by Gasteiger charge is 2.27. The molecule has 0 amide bonds. The second-order valence-electron chi connectivity index (χ2n) is 7.62. The van der Waals surface area contributed by atoms with E-state index >= 15 is 0 Å². The van der Waals surface area contributed by atoms with Gasteiger partial charge in [0.2, 0.25) is 10.0 Å². The van der Waals surface area contributed by atoms with Gasteiger partial charge in [-0.25, -0.2) is 18.2 Å². The number of benzene rings is 2. The van der Waals surface area contributed by atoms with Crippen LogP contribution in [0.1, 0.15) is 29.5 Å². The minimum Gasteiger partial charge on any atom is -0.496 e. The summed E-state index contributed by atoms with van der Waals surface area (Å²) < 4.78 is 45.5. The molecule has 10 heteroatoms. The molecule has 0 radical (unpaired) electrons. The van der Waals surface area contributed by atoms with Crippen molar-refractivity contribution < 1.29 is 27.4 Å². The average Bonchev–Trinajstić information content (AvgIpc) is 3.20. The second-order valence-corrected chi connectivity index (χ2v) is 9.56. The molecule has 4 rings (SSSR count). The number of fused-ring (bicyclic) bond motifs is 1. The molecule has 0 spiro atoms. The first-order valence-electron chi connectivity index (χ1n) is 10.8. The number of aryl methyl sites for hydroxylation is 1. The van der Waals surface area contributed by atoms with Crippen molar-refractivity contribution in [2.45, 2.75) is 31.4 Å². The van der Waals surface area contributed by atoms with Crippen LogP contribution in [0.2, 0.25) is 0 Å². The van der Waals surface area contributed by atoms with Gasteiger partial charge in [-0.1, -0.05) is 19.1 Å². The standard InChI is InChI=1S/C23H27N3O6S/c1-3-10-26-20-9-8-17(33(28,29)25-11-13-31-14-12-25)15-19(20)24-22(26)16-32-23(27)18-6-4-5-7-21(18)30-2/h4-9,15H,3,10-14,16H2,1-2H3. The molecule has 0 N–H and O–H groups in total. The molecule has 1 aliphatic rings. The van der Waals surface area contributed by atoms with Crippen molar-refractivity contribution >= 4 is 27.0 Å². The Morgan fingerprint density at radius 2 is 1.91 bits per heavy atom. The van der Waals surface area contributed by atoms with E-state index in [9.17, 15) is 13.2 Å². The fourth-order valence-electron chi connectivity index (χ4n) is 3.86. The predicted octanol–water partition coefficient (Wildman–Crippen LogP) is 2.83. The Bertz CT molecular complexity index is 1250. The predicted molar refractivity (Wildman–Crippen MR) is 122 cm³/mol. The Kier molecular flexibility index (Phi) is 6.96. The number of hydrogen-bond donors (Lipinski definition) is 0. The fourth-order valence-corrected chi connectivity index (χ4v) is 5.29. The maximum absolute atomic E-state index is 13.0. The minimum atomic E-state index is -3.63. The molecule has 3 aromatic rings. The van der Waals surface area contributed by atoms with E-state index in [0.29, 0.717) is 55.5 Å². The van der Waals surface area contributed by atoms with Crippen LogP contribution in [-0.4, -0.2) is 61.7 Å². The number of para-hydroxylation sites is 1. The number of imidazole rings is 1. The summed E-state index contributed by atoms with van der Waals surface area (Å²) in [6.45, 7) is 4.07. The van der Waals surface area contributed by atoms with Gasteiger partial charge >= 0.3 is 5.97 Å². The van der Waals surface area contributed by atoms with E-state index in [2.05, 4.69) is 4.98 Å².